The Labute approximate surface area is 133 Å². The van der Waals surface area contributed by atoms with Crippen molar-refractivity contribution < 1.29 is 19.1 Å². The number of nitrogens with one attached hydrogen (secondary N) is 1. The van der Waals surface area contributed by atoms with Gasteiger partial charge in [-0.25, -0.2) is 0 Å². The van der Waals surface area contributed by atoms with Gasteiger partial charge < -0.3 is 14.8 Å². The maximum absolute atomic E-state index is 11.8. The van der Waals surface area contributed by atoms with Crippen molar-refractivity contribution in [3.63, 3.8) is 0 Å². The monoisotopic (exact) mass is 311 g/mol. The lowest BCUT2D eigenvalue weighted by Crippen LogP contribution is -2.46. The maximum atomic E-state index is 11.8. The Kier molecular flexibility index (Phi) is 6.83. The van der Waals surface area contributed by atoms with E-state index >= 15 is 0 Å². The van der Waals surface area contributed by atoms with Gasteiger partial charge in [0.05, 0.1) is 18.8 Å². The summed E-state index contributed by atoms with van der Waals surface area (Å²) in [6.07, 6.45) is 6.82. The van der Waals surface area contributed by atoms with Crippen molar-refractivity contribution in [1.82, 2.24) is 5.32 Å². The molecule has 0 radical (unpaired) electrons. The van der Waals surface area contributed by atoms with Crippen LogP contribution in [0.25, 0.3) is 0 Å². The van der Waals surface area contributed by atoms with E-state index in [2.05, 4.69) is 5.32 Å². The number of hydrogen-bond acceptors (Lipinski definition) is 4. The van der Waals surface area contributed by atoms with Gasteiger partial charge in [-0.1, -0.05) is 0 Å². The second kappa shape index (κ2) is 8.63. The van der Waals surface area contributed by atoms with Crippen LogP contribution in [0.4, 0.5) is 0 Å². The van der Waals surface area contributed by atoms with E-state index in [-0.39, 0.29) is 29.8 Å². The molecule has 0 heterocycles. The average molecular weight is 311 g/mol. The fourth-order valence-electron chi connectivity index (χ4n) is 3.29. The zero-order valence-electron chi connectivity index (χ0n) is 13.8. The van der Waals surface area contributed by atoms with E-state index in [0.29, 0.717) is 19.1 Å². The first-order valence-corrected chi connectivity index (χ1v) is 8.61. The quantitative estimate of drug-likeness (QED) is 0.746. The second-order valence-corrected chi connectivity index (χ2v) is 6.52. The Morgan fingerprint density at radius 1 is 1.05 bits per heavy atom. The fourth-order valence-corrected chi connectivity index (χ4v) is 3.29. The minimum atomic E-state index is 0.0370. The van der Waals surface area contributed by atoms with Crippen LogP contribution in [0.5, 0.6) is 0 Å². The lowest BCUT2D eigenvalue weighted by Gasteiger charge is -2.34. The van der Waals surface area contributed by atoms with Crippen molar-refractivity contribution in [2.24, 2.45) is 5.92 Å². The molecule has 2 saturated carbocycles. The summed E-state index contributed by atoms with van der Waals surface area (Å²) in [5.41, 5.74) is 0. The second-order valence-electron chi connectivity index (χ2n) is 6.52. The summed E-state index contributed by atoms with van der Waals surface area (Å²) in [6.45, 7) is 4.92. The minimum Gasteiger partial charge on any atom is -0.379 e. The van der Waals surface area contributed by atoms with Crippen LogP contribution in [-0.4, -0.2) is 43.2 Å². The smallest absolute Gasteiger partial charge is 0.222 e. The van der Waals surface area contributed by atoms with Crippen LogP contribution in [0.2, 0.25) is 0 Å². The first-order chi connectivity index (χ1) is 10.6. The Balaban J connectivity index is 1.50. The highest BCUT2D eigenvalue weighted by Gasteiger charge is 2.33. The predicted molar refractivity (Wildman–Crippen MR) is 83.6 cm³/mol. The van der Waals surface area contributed by atoms with Gasteiger partial charge in [0.15, 0.2) is 0 Å². The number of carbonyl (C=O) groups excluding carboxylic acids is 2. The van der Waals surface area contributed by atoms with Crippen LogP contribution >= 0.6 is 0 Å². The first-order valence-electron chi connectivity index (χ1n) is 8.61. The van der Waals surface area contributed by atoms with E-state index in [0.717, 1.165) is 45.1 Å². The van der Waals surface area contributed by atoms with Crippen molar-refractivity contribution in [3.05, 3.63) is 0 Å². The molecular formula is C17H29NO4. The highest BCUT2D eigenvalue weighted by molar-refractivity contribution is 5.80. The van der Waals surface area contributed by atoms with Crippen LogP contribution < -0.4 is 5.32 Å². The minimum absolute atomic E-state index is 0.0370. The summed E-state index contributed by atoms with van der Waals surface area (Å²) < 4.78 is 11.4. The molecule has 5 heteroatoms. The molecule has 2 aliphatic carbocycles. The first kappa shape index (κ1) is 17.4. The van der Waals surface area contributed by atoms with E-state index in [1.165, 1.54) is 0 Å². The third kappa shape index (κ3) is 5.36. The van der Waals surface area contributed by atoms with E-state index in [4.69, 9.17) is 9.47 Å². The van der Waals surface area contributed by atoms with Crippen molar-refractivity contribution in [1.29, 1.82) is 0 Å². The standard InChI is InChI=1S/C17H29NO4/c1-3-21-15-4-6-16(7-5-15)22-9-8-17(20)18-14-10-13(11-14)12(2)19/h13-16H,3-11H2,1-2H3,(H,18,20)/t13-,14-,15-,16+. The molecule has 0 aromatic rings. The lowest BCUT2D eigenvalue weighted by molar-refractivity contribution is -0.128. The Morgan fingerprint density at radius 3 is 2.18 bits per heavy atom. The van der Waals surface area contributed by atoms with Gasteiger partial charge >= 0.3 is 0 Å². The van der Waals surface area contributed by atoms with Gasteiger partial charge in [-0.15, -0.1) is 0 Å². The lowest BCUT2D eigenvalue weighted by atomic mass is 9.78. The van der Waals surface area contributed by atoms with E-state index in [1.54, 1.807) is 6.92 Å². The Hall–Kier alpha value is -0.940. The van der Waals surface area contributed by atoms with Gasteiger partial charge in [0.1, 0.15) is 5.78 Å². The third-order valence-corrected chi connectivity index (χ3v) is 4.78. The van der Waals surface area contributed by atoms with Gasteiger partial charge in [0.2, 0.25) is 5.91 Å². The van der Waals surface area contributed by atoms with Gasteiger partial charge in [-0.2, -0.15) is 0 Å². The molecular weight excluding hydrogens is 282 g/mol. The average Bonchev–Trinajstić information content (AvgIpc) is 2.44. The molecule has 0 aromatic heterocycles. The molecule has 0 spiro atoms. The van der Waals surface area contributed by atoms with E-state index < -0.39 is 0 Å². The summed E-state index contributed by atoms with van der Waals surface area (Å²) >= 11 is 0. The topological polar surface area (TPSA) is 64.6 Å². The SMILES string of the molecule is CCO[C@H]1CC[C@@H](OCCC(=O)N[C@H]2C[C@H](C(C)=O)C2)CC1. The number of ketones is 1. The molecule has 126 valence electrons. The largest absolute Gasteiger partial charge is 0.379 e. The molecule has 0 aromatic carbocycles. The molecule has 0 bridgehead atoms. The maximum Gasteiger partial charge on any atom is 0.222 e. The highest BCUT2D eigenvalue weighted by atomic mass is 16.5. The molecule has 2 aliphatic rings. The van der Waals surface area contributed by atoms with Gasteiger partial charge in [-0.05, 0) is 52.4 Å². The van der Waals surface area contributed by atoms with Gasteiger partial charge in [-0.3, -0.25) is 9.59 Å². The molecule has 5 nitrogen and oxygen atoms in total. The molecule has 22 heavy (non-hydrogen) atoms. The summed E-state index contributed by atoms with van der Waals surface area (Å²) in [6, 6.07) is 0.183. The normalized spacial score (nSPS) is 31.4. The number of carbonyl (C=O) groups is 2. The van der Waals surface area contributed by atoms with Gasteiger partial charge in [0, 0.05) is 25.0 Å². The van der Waals surface area contributed by atoms with E-state index in [9.17, 15) is 9.59 Å². The van der Waals surface area contributed by atoms with Crippen molar-refractivity contribution in [3.8, 4) is 0 Å². The summed E-state index contributed by atoms with van der Waals surface area (Å²) in [7, 11) is 0. The Bertz CT molecular complexity index is 371. The van der Waals surface area contributed by atoms with Crippen molar-refractivity contribution >= 4 is 11.7 Å². The third-order valence-electron chi connectivity index (χ3n) is 4.78. The Morgan fingerprint density at radius 2 is 1.64 bits per heavy atom. The van der Waals surface area contributed by atoms with Crippen LogP contribution in [0.1, 0.15) is 58.8 Å². The van der Waals surface area contributed by atoms with E-state index in [1.807, 2.05) is 6.92 Å². The van der Waals surface area contributed by atoms with Gasteiger partial charge in [0.25, 0.3) is 0 Å². The predicted octanol–water partition coefficient (Wildman–Crippen LogP) is 2.22. The molecule has 2 rings (SSSR count). The zero-order valence-corrected chi connectivity index (χ0v) is 13.8. The molecule has 1 N–H and O–H groups in total. The van der Waals surface area contributed by atoms with Crippen LogP contribution in [0.15, 0.2) is 0 Å². The molecule has 2 fully saturated rings. The van der Waals surface area contributed by atoms with Crippen LogP contribution in [-0.2, 0) is 19.1 Å². The van der Waals surface area contributed by atoms with Crippen LogP contribution in [0, 0.1) is 5.92 Å². The summed E-state index contributed by atoms with van der Waals surface area (Å²) in [5.74, 6) is 0.425. The number of Topliss-reactive ketones (excluding diaryl/α,β-unsaturated/α-hetero) is 1. The van der Waals surface area contributed by atoms with Crippen LogP contribution in [0.3, 0.4) is 0 Å². The molecule has 0 unspecified atom stereocenters. The number of hydrogen-bond donors (Lipinski definition) is 1. The molecule has 0 aliphatic heterocycles. The summed E-state index contributed by atoms with van der Waals surface area (Å²) in [4.78, 5) is 22.9. The zero-order chi connectivity index (χ0) is 15.9. The fraction of sp³-hybridized carbons (Fsp3) is 0.882. The summed E-state index contributed by atoms with van der Waals surface area (Å²) in [5, 5.41) is 2.97. The molecule has 0 saturated heterocycles. The highest BCUT2D eigenvalue weighted by Crippen LogP contribution is 2.28. The number of rotatable bonds is 8. The number of amides is 1. The van der Waals surface area contributed by atoms with Crippen molar-refractivity contribution in [2.75, 3.05) is 13.2 Å². The van der Waals surface area contributed by atoms with Crippen molar-refractivity contribution in [2.45, 2.75) is 77.0 Å². The molecule has 1 amide bonds. The number of ether oxygens (including phenoxy) is 2. The molecule has 0 atom stereocenters.